The third kappa shape index (κ3) is 1.13. The molecule has 1 rings (SSSR count). The van der Waals surface area contributed by atoms with E-state index in [4.69, 9.17) is 5.73 Å². The second kappa shape index (κ2) is 2.02. The molecule has 1 aromatic rings. The van der Waals surface area contributed by atoms with Crippen molar-refractivity contribution in [2.75, 3.05) is 12.0 Å². The van der Waals surface area contributed by atoms with Crippen molar-refractivity contribution in [2.24, 2.45) is 0 Å². The minimum absolute atomic E-state index is 0.160. The van der Waals surface area contributed by atoms with Crippen LogP contribution in [-0.4, -0.2) is 19.7 Å². The molecule has 10 heavy (non-hydrogen) atoms. The number of nitrogen functional groups attached to an aromatic ring is 1. The summed E-state index contributed by atoms with van der Waals surface area (Å²) >= 11 is 0. The van der Waals surface area contributed by atoms with Crippen molar-refractivity contribution in [2.45, 2.75) is 4.90 Å². The van der Waals surface area contributed by atoms with E-state index in [-0.39, 0.29) is 10.6 Å². The number of aromatic nitrogens is 1. The number of nitrogens with one attached hydrogen (secondary N) is 1. The van der Waals surface area contributed by atoms with Gasteiger partial charge in [-0.1, -0.05) is 0 Å². The Morgan fingerprint density at radius 1 is 1.50 bits per heavy atom. The quantitative estimate of drug-likeness (QED) is 0.607. The molecule has 1 heterocycles. The Bertz CT molecular complexity index is 325. The van der Waals surface area contributed by atoms with Crippen molar-refractivity contribution in [3.05, 3.63) is 12.4 Å². The van der Waals surface area contributed by atoms with Gasteiger partial charge in [-0.3, -0.25) is 0 Å². The van der Waals surface area contributed by atoms with E-state index >= 15 is 0 Å². The van der Waals surface area contributed by atoms with Crippen molar-refractivity contribution >= 4 is 15.5 Å². The monoisotopic (exact) mass is 160 g/mol. The predicted molar refractivity (Wildman–Crippen MR) is 38.3 cm³/mol. The van der Waals surface area contributed by atoms with Crippen LogP contribution in [0.25, 0.3) is 0 Å². The number of nitrogens with two attached hydrogens (primary N) is 1. The van der Waals surface area contributed by atoms with Crippen LogP contribution in [0.5, 0.6) is 0 Å². The fraction of sp³-hybridized carbons (Fsp3) is 0.200. The molecule has 0 aliphatic rings. The smallest absolute Gasteiger partial charge is 0.179 e. The summed E-state index contributed by atoms with van der Waals surface area (Å²) in [7, 11) is -3.15. The summed E-state index contributed by atoms with van der Waals surface area (Å²) in [5.74, 6) is 0. The van der Waals surface area contributed by atoms with Gasteiger partial charge in [-0.15, -0.1) is 0 Å². The zero-order chi connectivity index (χ0) is 7.78. The van der Waals surface area contributed by atoms with Gasteiger partial charge in [-0.05, 0) is 0 Å². The average molecular weight is 160 g/mol. The lowest BCUT2D eigenvalue weighted by Crippen LogP contribution is -1.98. The Balaban J connectivity index is 3.32. The van der Waals surface area contributed by atoms with E-state index in [1.54, 1.807) is 0 Å². The summed E-state index contributed by atoms with van der Waals surface area (Å²) < 4.78 is 21.6. The Kier molecular flexibility index (Phi) is 1.44. The second-order valence-electron chi connectivity index (χ2n) is 2.05. The molecule has 0 bridgehead atoms. The number of hydrogen-bond acceptors (Lipinski definition) is 3. The molecule has 0 unspecified atom stereocenters. The number of anilines is 1. The van der Waals surface area contributed by atoms with Crippen molar-refractivity contribution in [1.29, 1.82) is 0 Å². The summed E-state index contributed by atoms with van der Waals surface area (Å²) in [5.41, 5.74) is 5.58. The van der Waals surface area contributed by atoms with Gasteiger partial charge in [0.05, 0.1) is 5.69 Å². The molecule has 5 heteroatoms. The Morgan fingerprint density at radius 2 is 2.10 bits per heavy atom. The van der Waals surface area contributed by atoms with Crippen LogP contribution in [0, 0.1) is 0 Å². The molecule has 0 aliphatic heterocycles. The molecule has 3 N–H and O–H groups in total. The third-order valence-corrected chi connectivity index (χ3v) is 2.29. The average Bonchev–Trinajstić information content (AvgIpc) is 2.11. The molecule has 0 spiro atoms. The van der Waals surface area contributed by atoms with E-state index in [0.29, 0.717) is 0 Å². The largest absolute Gasteiger partial charge is 0.396 e. The van der Waals surface area contributed by atoms with Gasteiger partial charge in [0, 0.05) is 18.6 Å². The summed E-state index contributed by atoms with van der Waals surface area (Å²) in [4.78, 5) is 2.76. The van der Waals surface area contributed by atoms with Crippen molar-refractivity contribution in [1.82, 2.24) is 4.98 Å². The van der Waals surface area contributed by atoms with Gasteiger partial charge < -0.3 is 10.7 Å². The van der Waals surface area contributed by atoms with E-state index in [9.17, 15) is 8.42 Å². The molecule has 0 saturated carbocycles. The maximum Gasteiger partial charge on any atom is 0.179 e. The molecule has 0 fully saturated rings. The highest BCUT2D eigenvalue weighted by Crippen LogP contribution is 2.15. The summed E-state index contributed by atoms with van der Waals surface area (Å²) in [6.45, 7) is 0. The van der Waals surface area contributed by atoms with Crippen LogP contribution in [0.3, 0.4) is 0 Å². The van der Waals surface area contributed by atoms with Gasteiger partial charge in [-0.25, -0.2) is 8.42 Å². The molecule has 0 aliphatic carbocycles. The number of sulfone groups is 1. The maximum atomic E-state index is 10.8. The molecule has 0 saturated heterocycles. The van der Waals surface area contributed by atoms with E-state index < -0.39 is 9.84 Å². The molecule has 0 atom stereocenters. The molecule has 0 radical (unpaired) electrons. The van der Waals surface area contributed by atoms with Crippen molar-refractivity contribution in [3.63, 3.8) is 0 Å². The molecule has 4 nitrogen and oxygen atoms in total. The van der Waals surface area contributed by atoms with Gasteiger partial charge >= 0.3 is 0 Å². The van der Waals surface area contributed by atoms with Crippen LogP contribution in [0.15, 0.2) is 17.3 Å². The fourth-order valence-corrected chi connectivity index (χ4v) is 1.45. The van der Waals surface area contributed by atoms with Crippen LogP contribution in [0.2, 0.25) is 0 Å². The van der Waals surface area contributed by atoms with Gasteiger partial charge in [0.25, 0.3) is 0 Å². The van der Waals surface area contributed by atoms with E-state index in [0.717, 1.165) is 6.26 Å². The van der Waals surface area contributed by atoms with Crippen LogP contribution < -0.4 is 5.73 Å². The van der Waals surface area contributed by atoms with Gasteiger partial charge in [0.2, 0.25) is 0 Å². The first-order valence-corrected chi connectivity index (χ1v) is 4.53. The SMILES string of the molecule is CS(=O)(=O)c1c[nH]cc1N. The highest BCUT2D eigenvalue weighted by Gasteiger charge is 2.10. The van der Waals surface area contributed by atoms with E-state index in [1.165, 1.54) is 12.4 Å². The van der Waals surface area contributed by atoms with Gasteiger partial charge in [0.15, 0.2) is 9.84 Å². The first-order valence-electron chi connectivity index (χ1n) is 2.64. The Hall–Kier alpha value is -0.970. The topological polar surface area (TPSA) is 76.0 Å². The number of aromatic amines is 1. The lowest BCUT2D eigenvalue weighted by Gasteiger charge is -1.92. The van der Waals surface area contributed by atoms with Crippen molar-refractivity contribution in [3.8, 4) is 0 Å². The van der Waals surface area contributed by atoms with Crippen LogP contribution in [0.4, 0.5) is 5.69 Å². The van der Waals surface area contributed by atoms with Crippen LogP contribution >= 0.6 is 0 Å². The first-order chi connectivity index (χ1) is 4.52. The molecular weight excluding hydrogens is 152 g/mol. The zero-order valence-electron chi connectivity index (χ0n) is 5.46. The van der Waals surface area contributed by atoms with Gasteiger partial charge in [-0.2, -0.15) is 0 Å². The normalized spacial score (nSPS) is 11.7. The minimum atomic E-state index is -3.15. The number of hydrogen-bond donors (Lipinski definition) is 2. The highest BCUT2D eigenvalue weighted by atomic mass is 32.2. The Morgan fingerprint density at radius 3 is 2.30 bits per heavy atom. The highest BCUT2D eigenvalue weighted by molar-refractivity contribution is 7.90. The van der Waals surface area contributed by atoms with E-state index in [2.05, 4.69) is 4.98 Å². The predicted octanol–water partition coefficient (Wildman–Crippen LogP) is 0.000400. The first kappa shape index (κ1) is 7.14. The molecule has 56 valence electrons. The van der Waals surface area contributed by atoms with E-state index in [1.807, 2.05) is 0 Å². The lowest BCUT2D eigenvalue weighted by atomic mass is 10.6. The maximum absolute atomic E-state index is 10.8. The van der Waals surface area contributed by atoms with Crippen molar-refractivity contribution < 1.29 is 8.42 Å². The molecular formula is C5H8N2O2S. The number of rotatable bonds is 1. The lowest BCUT2D eigenvalue weighted by molar-refractivity contribution is 0.602. The second-order valence-corrected chi connectivity index (χ2v) is 4.03. The van der Waals surface area contributed by atoms with Crippen LogP contribution in [-0.2, 0) is 9.84 Å². The van der Waals surface area contributed by atoms with Gasteiger partial charge in [0.1, 0.15) is 4.90 Å². The number of H-pyrrole nitrogens is 1. The Labute approximate surface area is 59.0 Å². The summed E-state index contributed by atoms with van der Waals surface area (Å²) in [5, 5.41) is 0. The fourth-order valence-electron chi connectivity index (χ4n) is 0.683. The minimum Gasteiger partial charge on any atom is -0.396 e. The summed E-state index contributed by atoms with van der Waals surface area (Å²) in [6, 6.07) is 0. The zero-order valence-corrected chi connectivity index (χ0v) is 6.27. The molecule has 0 amide bonds. The molecule has 0 aromatic carbocycles. The third-order valence-electron chi connectivity index (χ3n) is 1.14. The molecule has 1 aromatic heterocycles. The van der Waals surface area contributed by atoms with Crippen LogP contribution in [0.1, 0.15) is 0 Å². The summed E-state index contributed by atoms with van der Waals surface area (Å²) in [6.07, 6.45) is 3.92. The standard InChI is InChI=1S/C5H8N2O2S/c1-10(8,9)5-3-7-2-4(5)6/h2-3,7H,6H2,1H3.